The van der Waals surface area contributed by atoms with Gasteiger partial charge in [-0.15, -0.1) is 22.2 Å². The molecule has 272 valence electrons. The standard InChI is InChI=1S/4C10H16N.Ni.2H2O/c4*11-10-4-7-1-8(5-10)3-9(2-7)6-10;;;/h4*7-9,11H,1-6H2;;2*1H2/q4*-1;+2;;. The van der Waals surface area contributed by atoms with Gasteiger partial charge in [-0.25, -0.2) is 0 Å². The number of hydrogen-bond donors (Lipinski definition) is 0. The van der Waals surface area contributed by atoms with Crippen molar-refractivity contribution in [3.8, 4) is 0 Å². The van der Waals surface area contributed by atoms with E-state index in [0.717, 1.165) is 71.0 Å². The van der Waals surface area contributed by atoms with Gasteiger partial charge in [0.25, 0.3) is 0 Å². The first kappa shape index (κ1) is 37.0. The van der Waals surface area contributed by atoms with Crippen LogP contribution in [0.15, 0.2) is 0 Å². The van der Waals surface area contributed by atoms with Gasteiger partial charge in [0.15, 0.2) is 0 Å². The van der Waals surface area contributed by atoms with Crippen LogP contribution in [0.25, 0.3) is 22.9 Å². The van der Waals surface area contributed by atoms with Gasteiger partial charge >= 0.3 is 16.5 Å². The summed E-state index contributed by atoms with van der Waals surface area (Å²) < 4.78 is 0. The molecule has 0 amide bonds. The summed E-state index contributed by atoms with van der Waals surface area (Å²) in [5.41, 5.74) is 33.0. The van der Waals surface area contributed by atoms with Crippen molar-refractivity contribution >= 4 is 0 Å². The predicted octanol–water partition coefficient (Wildman–Crippen LogP) is 10.4. The number of rotatable bonds is 0. The van der Waals surface area contributed by atoms with Crippen LogP contribution in [0, 0.1) is 71.0 Å². The SMILES string of the molecule is O.O.[NH-]C12CC3CC(CC(C3)C1)C2.[NH-]C12CC3CC(CC(C3)C1)C2.[NH-]C12CC3CC(CC(C3)C1)C2.[NH-]C12CC3CC(CC(C3)C1)C2.[Ni+2]. The number of nitrogens with one attached hydrogen (secondary N) is 4. The third-order valence-electron chi connectivity index (χ3n) is 16.2. The van der Waals surface area contributed by atoms with Crippen molar-refractivity contribution in [2.24, 2.45) is 71.0 Å². The second-order valence-electron chi connectivity index (χ2n) is 20.8. The van der Waals surface area contributed by atoms with Crippen molar-refractivity contribution in [3.05, 3.63) is 22.9 Å². The number of hydrogen-bond acceptors (Lipinski definition) is 0. The van der Waals surface area contributed by atoms with Crippen LogP contribution in [0.5, 0.6) is 0 Å². The molecule has 0 aromatic carbocycles. The van der Waals surface area contributed by atoms with Crippen LogP contribution < -0.4 is 0 Å². The summed E-state index contributed by atoms with van der Waals surface area (Å²) in [6.45, 7) is 0. The largest absolute Gasteiger partial charge is 2.00 e. The molecule has 0 radical (unpaired) electrons. The zero-order valence-electron chi connectivity index (χ0n) is 29.2. The molecule has 0 unspecified atom stereocenters. The minimum atomic E-state index is 0. The summed E-state index contributed by atoms with van der Waals surface area (Å²) in [7, 11) is 0. The van der Waals surface area contributed by atoms with E-state index in [1.807, 2.05) is 0 Å². The molecule has 8 N–H and O–H groups in total. The molecule has 0 aromatic heterocycles. The van der Waals surface area contributed by atoms with Gasteiger partial charge in [-0.2, -0.15) is 0 Å². The van der Waals surface area contributed by atoms with Gasteiger partial charge in [-0.3, -0.25) is 0 Å². The fourth-order valence-corrected chi connectivity index (χ4v) is 16.4. The molecule has 16 bridgehead atoms. The molecule has 16 rings (SSSR count). The van der Waals surface area contributed by atoms with Crippen LogP contribution in [0.3, 0.4) is 0 Å². The summed E-state index contributed by atoms with van der Waals surface area (Å²) in [6, 6.07) is 0. The van der Waals surface area contributed by atoms with E-state index in [0.29, 0.717) is 0 Å². The van der Waals surface area contributed by atoms with Gasteiger partial charge < -0.3 is 33.9 Å². The molecule has 0 aromatic rings. The molecular formula is C40H68N4NiO2-2. The Labute approximate surface area is 296 Å². The van der Waals surface area contributed by atoms with E-state index < -0.39 is 0 Å². The summed E-state index contributed by atoms with van der Waals surface area (Å²) in [6.07, 6.45) is 32.5. The Balaban J connectivity index is 0.000000107. The normalized spacial score (nSPS) is 56.4. The molecule has 0 atom stereocenters. The van der Waals surface area contributed by atoms with Crippen LogP contribution in [-0.2, 0) is 16.5 Å². The molecule has 16 saturated carbocycles. The van der Waals surface area contributed by atoms with Crippen LogP contribution in [0.1, 0.15) is 154 Å². The molecule has 7 heteroatoms. The first-order chi connectivity index (χ1) is 20.9. The van der Waals surface area contributed by atoms with Gasteiger partial charge in [0.2, 0.25) is 0 Å². The molecule has 6 nitrogen and oxygen atoms in total. The third kappa shape index (κ3) is 7.73. The van der Waals surface area contributed by atoms with E-state index >= 15 is 0 Å². The smallest absolute Gasteiger partial charge is 0.672 e. The van der Waals surface area contributed by atoms with E-state index in [9.17, 15) is 0 Å². The first-order valence-electron chi connectivity index (χ1n) is 19.9. The van der Waals surface area contributed by atoms with Crippen molar-refractivity contribution in [1.82, 2.24) is 0 Å². The fraction of sp³-hybridized carbons (Fsp3) is 1.00. The summed E-state index contributed by atoms with van der Waals surface area (Å²) >= 11 is 0. The van der Waals surface area contributed by atoms with Gasteiger partial charge in [-0.1, -0.05) is 77.0 Å². The van der Waals surface area contributed by atoms with Crippen molar-refractivity contribution in [2.45, 2.75) is 176 Å². The Morgan fingerprint density at radius 3 is 0.383 bits per heavy atom. The third-order valence-corrected chi connectivity index (χ3v) is 16.2. The monoisotopic (exact) mass is 694 g/mol. The zero-order chi connectivity index (χ0) is 29.9. The Morgan fingerprint density at radius 2 is 0.319 bits per heavy atom. The van der Waals surface area contributed by atoms with Crippen molar-refractivity contribution < 1.29 is 27.4 Å². The molecule has 0 saturated heterocycles. The summed E-state index contributed by atoms with van der Waals surface area (Å²) in [4.78, 5) is 0. The fourth-order valence-electron chi connectivity index (χ4n) is 16.4. The molecule has 16 fully saturated rings. The molecule has 16 aliphatic carbocycles. The second kappa shape index (κ2) is 13.3. The quantitative estimate of drug-likeness (QED) is 0.221. The van der Waals surface area contributed by atoms with E-state index in [1.54, 1.807) is 0 Å². The second-order valence-corrected chi connectivity index (χ2v) is 20.8. The van der Waals surface area contributed by atoms with Crippen molar-refractivity contribution in [2.75, 3.05) is 0 Å². The first-order valence-corrected chi connectivity index (χ1v) is 19.9. The van der Waals surface area contributed by atoms with Crippen LogP contribution in [0.2, 0.25) is 0 Å². The van der Waals surface area contributed by atoms with Gasteiger partial charge in [0.1, 0.15) is 0 Å². The minimum Gasteiger partial charge on any atom is -0.672 e. The molecule has 16 aliphatic rings. The predicted molar refractivity (Wildman–Crippen MR) is 188 cm³/mol. The molecule has 47 heavy (non-hydrogen) atoms. The van der Waals surface area contributed by atoms with Gasteiger partial charge in [0.05, 0.1) is 0 Å². The maximum Gasteiger partial charge on any atom is 2.00 e. The van der Waals surface area contributed by atoms with Crippen LogP contribution >= 0.6 is 0 Å². The van der Waals surface area contributed by atoms with Crippen molar-refractivity contribution in [3.63, 3.8) is 0 Å². The van der Waals surface area contributed by atoms with Gasteiger partial charge in [0, 0.05) is 0 Å². The minimum absolute atomic E-state index is 0. The molecule has 0 aliphatic heterocycles. The maximum atomic E-state index is 8.21. The van der Waals surface area contributed by atoms with Crippen LogP contribution in [-0.4, -0.2) is 33.1 Å². The maximum absolute atomic E-state index is 8.21. The van der Waals surface area contributed by atoms with E-state index in [4.69, 9.17) is 22.9 Å². The van der Waals surface area contributed by atoms with Crippen LogP contribution in [0.4, 0.5) is 0 Å². The Hall–Kier alpha value is 0.254. The van der Waals surface area contributed by atoms with E-state index in [-0.39, 0.29) is 49.6 Å². The summed E-state index contributed by atoms with van der Waals surface area (Å²) in [5.74, 6) is 11.5. The Morgan fingerprint density at radius 1 is 0.234 bits per heavy atom. The average Bonchev–Trinajstić information content (AvgIpc) is 2.84. The molecular weight excluding hydrogens is 627 g/mol. The average molecular weight is 696 g/mol. The van der Waals surface area contributed by atoms with E-state index in [1.165, 1.54) is 154 Å². The molecule has 0 heterocycles. The van der Waals surface area contributed by atoms with Crippen molar-refractivity contribution in [1.29, 1.82) is 0 Å². The summed E-state index contributed by atoms with van der Waals surface area (Å²) in [5, 5.41) is 0. The molecule has 0 spiro atoms. The zero-order valence-corrected chi connectivity index (χ0v) is 30.2. The Bertz CT molecular complexity index is 787. The topological polar surface area (TPSA) is 158 Å². The van der Waals surface area contributed by atoms with Gasteiger partial charge in [-0.05, 0) is 148 Å². The van der Waals surface area contributed by atoms with E-state index in [2.05, 4.69) is 0 Å². The Kier molecular flexibility index (Phi) is 10.5.